The van der Waals surface area contributed by atoms with Crippen LogP contribution in [0.5, 0.6) is 0 Å². The van der Waals surface area contributed by atoms with Crippen LogP contribution in [0.3, 0.4) is 0 Å². The van der Waals surface area contributed by atoms with Crippen LogP contribution >= 0.6 is 0 Å². The van der Waals surface area contributed by atoms with Crippen molar-refractivity contribution in [3.8, 4) is 0 Å². The Morgan fingerprint density at radius 3 is 0.969 bits per heavy atom. The van der Waals surface area contributed by atoms with Gasteiger partial charge in [-0.25, -0.2) is 0 Å². The van der Waals surface area contributed by atoms with E-state index in [1.165, 1.54) is 128 Å². The molecule has 64 heavy (non-hydrogen) atoms. The molecule has 0 saturated heterocycles. The maximum absolute atomic E-state index is 12.5. The van der Waals surface area contributed by atoms with Gasteiger partial charge in [-0.3, -0.25) is 9.59 Å². The fourth-order valence-electron chi connectivity index (χ4n) is 7.85. The normalized spacial score (nSPS) is 11.8. The van der Waals surface area contributed by atoms with Gasteiger partial charge in [0.05, 0.1) is 19.8 Å². The molecule has 0 spiro atoms. The second-order valence-corrected chi connectivity index (χ2v) is 18.3. The van der Waals surface area contributed by atoms with Crippen molar-refractivity contribution in [2.45, 2.75) is 271 Å². The smallest absolute Gasteiger partial charge is 0.305 e. The molecule has 0 aromatic carbocycles. The summed E-state index contributed by atoms with van der Waals surface area (Å²) in [4.78, 5) is 27.1. The number of ether oxygens (including phenoxy) is 6. The average molecular weight is 914 g/mol. The van der Waals surface area contributed by atoms with Gasteiger partial charge in [0.2, 0.25) is 0 Å². The number of hydrogen-bond donors (Lipinski definition) is 1. The third-order valence-corrected chi connectivity index (χ3v) is 12.0. The van der Waals surface area contributed by atoms with E-state index in [1.807, 2.05) is 0 Å². The molecule has 0 radical (unpaired) electrons. The zero-order valence-electron chi connectivity index (χ0n) is 42.8. The lowest BCUT2D eigenvalue weighted by molar-refractivity contribution is -0.149. The molecular weight excluding hydrogens is 807 g/mol. The van der Waals surface area contributed by atoms with E-state index in [9.17, 15) is 14.7 Å². The summed E-state index contributed by atoms with van der Waals surface area (Å²) in [5, 5.41) is 9.61. The summed E-state index contributed by atoms with van der Waals surface area (Å²) in [6, 6.07) is 0. The van der Waals surface area contributed by atoms with Crippen molar-refractivity contribution in [1.82, 2.24) is 4.90 Å². The van der Waals surface area contributed by atoms with Crippen molar-refractivity contribution in [2.75, 3.05) is 65.9 Å². The first-order valence-corrected chi connectivity index (χ1v) is 27.6. The van der Waals surface area contributed by atoms with Gasteiger partial charge in [-0.1, -0.05) is 156 Å². The minimum Gasteiger partial charge on any atom is -0.466 e. The molecular formula is C54H107NO9. The molecule has 0 aliphatic rings. The fourth-order valence-corrected chi connectivity index (χ4v) is 7.85. The maximum Gasteiger partial charge on any atom is 0.305 e. The van der Waals surface area contributed by atoms with Crippen molar-refractivity contribution in [2.24, 2.45) is 0 Å². The van der Waals surface area contributed by atoms with Gasteiger partial charge in [0.15, 0.2) is 12.6 Å². The zero-order chi connectivity index (χ0) is 46.7. The molecule has 0 atom stereocenters. The van der Waals surface area contributed by atoms with Gasteiger partial charge >= 0.3 is 11.9 Å². The second-order valence-electron chi connectivity index (χ2n) is 18.3. The number of nitrogens with zero attached hydrogens (tertiary/aromatic N) is 1. The molecule has 0 fully saturated rings. The van der Waals surface area contributed by atoms with E-state index < -0.39 is 0 Å². The van der Waals surface area contributed by atoms with E-state index in [1.54, 1.807) is 0 Å². The molecule has 0 unspecified atom stereocenters. The van der Waals surface area contributed by atoms with E-state index in [-0.39, 0.29) is 31.1 Å². The SMILES string of the molecule is CCCCCCCCOC(CCCCC(=O)OCCCCN(CCO)CCCCOC(=O)CCCCC(OCCCCCCCC)OCCCCCCCC)OCCCCCCCC. The second kappa shape index (κ2) is 52.7. The van der Waals surface area contributed by atoms with Crippen LogP contribution in [0, 0.1) is 0 Å². The van der Waals surface area contributed by atoms with Crippen LogP contribution in [-0.2, 0) is 38.0 Å². The van der Waals surface area contributed by atoms with E-state index in [2.05, 4.69) is 32.6 Å². The van der Waals surface area contributed by atoms with Crippen LogP contribution in [0.2, 0.25) is 0 Å². The zero-order valence-corrected chi connectivity index (χ0v) is 42.8. The Balaban J connectivity index is 4.22. The number of aliphatic hydroxyl groups excluding tert-OH is 1. The molecule has 0 aliphatic carbocycles. The monoisotopic (exact) mass is 914 g/mol. The Morgan fingerprint density at radius 1 is 0.359 bits per heavy atom. The average Bonchev–Trinajstić information content (AvgIpc) is 3.29. The quantitative estimate of drug-likeness (QED) is 0.0359. The van der Waals surface area contributed by atoms with Crippen molar-refractivity contribution in [1.29, 1.82) is 0 Å². The number of carbonyl (C=O) groups excluding carboxylic acids is 2. The Bertz CT molecular complexity index is 834. The largest absolute Gasteiger partial charge is 0.466 e. The highest BCUT2D eigenvalue weighted by Gasteiger charge is 2.13. The van der Waals surface area contributed by atoms with Gasteiger partial charge in [-0.05, 0) is 103 Å². The minimum atomic E-state index is -0.182. The fraction of sp³-hybridized carbons (Fsp3) is 0.963. The molecule has 0 saturated carbocycles. The van der Waals surface area contributed by atoms with E-state index in [0.717, 1.165) is 129 Å². The number of carbonyl (C=O) groups is 2. The lowest BCUT2D eigenvalue weighted by Gasteiger charge is -2.21. The van der Waals surface area contributed by atoms with Crippen LogP contribution in [0.15, 0.2) is 0 Å². The summed E-state index contributed by atoms with van der Waals surface area (Å²) in [6.45, 7) is 15.2. The third kappa shape index (κ3) is 47.2. The Labute approximate surface area is 396 Å². The highest BCUT2D eigenvalue weighted by atomic mass is 16.7. The van der Waals surface area contributed by atoms with Gasteiger partial charge in [0.1, 0.15) is 0 Å². The standard InChI is InChI=1S/C54H107NO9/c1-5-9-13-17-21-31-47-61-53(62-48-32-22-18-14-10-6-2)39-27-25-37-51(57)59-45-35-29-41-55(43-44-56)42-30-36-46-60-52(58)38-26-28-40-54(63-49-33-23-19-15-11-7-3)64-50-34-24-20-16-12-8-4/h53-54,56H,5-50H2,1-4H3. The Hall–Kier alpha value is -1.30. The highest BCUT2D eigenvalue weighted by Crippen LogP contribution is 2.16. The summed E-state index contributed by atoms with van der Waals surface area (Å²) >= 11 is 0. The number of esters is 2. The van der Waals surface area contributed by atoms with E-state index in [4.69, 9.17) is 28.4 Å². The van der Waals surface area contributed by atoms with Gasteiger partial charge in [-0.15, -0.1) is 0 Å². The van der Waals surface area contributed by atoms with Crippen molar-refractivity contribution >= 4 is 11.9 Å². The topological polar surface area (TPSA) is 113 Å². The number of aliphatic hydroxyl groups is 1. The van der Waals surface area contributed by atoms with Crippen molar-refractivity contribution < 1.29 is 43.1 Å². The molecule has 1 N–H and O–H groups in total. The van der Waals surface area contributed by atoms with Gasteiger partial charge < -0.3 is 38.4 Å². The van der Waals surface area contributed by atoms with Crippen LogP contribution in [0.1, 0.15) is 259 Å². The van der Waals surface area contributed by atoms with Gasteiger partial charge in [0, 0.05) is 45.8 Å². The Kier molecular flexibility index (Phi) is 51.6. The summed E-state index contributed by atoms with van der Waals surface area (Å²) in [7, 11) is 0. The maximum atomic E-state index is 12.5. The summed E-state index contributed by atoms with van der Waals surface area (Å²) in [5.74, 6) is -0.270. The first-order chi connectivity index (χ1) is 31.5. The number of hydrogen-bond acceptors (Lipinski definition) is 10. The van der Waals surface area contributed by atoms with E-state index >= 15 is 0 Å². The molecule has 0 bridgehead atoms. The van der Waals surface area contributed by atoms with Gasteiger partial charge in [-0.2, -0.15) is 0 Å². The minimum absolute atomic E-state index is 0.105. The van der Waals surface area contributed by atoms with Crippen LogP contribution in [0.25, 0.3) is 0 Å². The van der Waals surface area contributed by atoms with Crippen molar-refractivity contribution in [3.05, 3.63) is 0 Å². The molecule has 0 aliphatic heterocycles. The van der Waals surface area contributed by atoms with Crippen LogP contribution in [0.4, 0.5) is 0 Å². The molecule has 0 heterocycles. The Morgan fingerprint density at radius 2 is 0.656 bits per heavy atom. The molecule has 0 rings (SSSR count). The number of rotatable bonds is 54. The third-order valence-electron chi connectivity index (χ3n) is 12.0. The van der Waals surface area contributed by atoms with Gasteiger partial charge in [0.25, 0.3) is 0 Å². The molecule has 10 nitrogen and oxygen atoms in total. The predicted octanol–water partition coefficient (Wildman–Crippen LogP) is 14.2. The lowest BCUT2D eigenvalue weighted by Crippen LogP contribution is -2.29. The predicted molar refractivity (Wildman–Crippen MR) is 266 cm³/mol. The molecule has 382 valence electrons. The van der Waals surface area contributed by atoms with Crippen LogP contribution in [-0.4, -0.2) is 100 Å². The summed E-state index contributed by atoms with van der Waals surface area (Å²) < 4.78 is 35.7. The molecule has 0 amide bonds. The van der Waals surface area contributed by atoms with E-state index in [0.29, 0.717) is 32.6 Å². The van der Waals surface area contributed by atoms with Crippen molar-refractivity contribution in [3.63, 3.8) is 0 Å². The van der Waals surface area contributed by atoms with Crippen LogP contribution < -0.4 is 0 Å². The first kappa shape index (κ1) is 62.7. The first-order valence-electron chi connectivity index (χ1n) is 27.6. The lowest BCUT2D eigenvalue weighted by atomic mass is 10.1. The summed E-state index contributed by atoms with van der Waals surface area (Å²) in [6.07, 6.45) is 38.6. The molecule has 10 heteroatoms. The highest BCUT2D eigenvalue weighted by molar-refractivity contribution is 5.69. The number of unbranched alkanes of at least 4 members (excludes halogenated alkanes) is 24. The summed E-state index contributed by atoms with van der Waals surface area (Å²) in [5.41, 5.74) is 0. The molecule has 0 aromatic heterocycles. The molecule has 0 aromatic rings.